The van der Waals surface area contributed by atoms with Crippen LogP contribution in [0.5, 0.6) is 0 Å². The number of hydrogen-bond acceptors (Lipinski definition) is 2. The van der Waals surface area contributed by atoms with Crippen LogP contribution in [0, 0.1) is 0 Å². The minimum absolute atomic E-state index is 0.139. The Hall–Kier alpha value is -1.41. The average molecular weight is 215 g/mol. The first-order chi connectivity index (χ1) is 7.75. The molecule has 1 aliphatic heterocycles. The summed E-state index contributed by atoms with van der Waals surface area (Å²) < 4.78 is 0. The van der Waals surface area contributed by atoms with Gasteiger partial charge in [-0.05, 0) is 25.0 Å². The summed E-state index contributed by atoms with van der Waals surface area (Å²) in [6.45, 7) is 4.68. The predicted molar refractivity (Wildman–Crippen MR) is 65.5 cm³/mol. The molecule has 0 bridgehead atoms. The van der Waals surface area contributed by atoms with Gasteiger partial charge in [-0.2, -0.15) is 0 Å². The molecule has 2 heteroatoms. The van der Waals surface area contributed by atoms with Crippen LogP contribution in [0.2, 0.25) is 0 Å². The Labute approximate surface area is 96.6 Å². The fourth-order valence-electron chi connectivity index (χ4n) is 1.98. The normalized spacial score (nSPS) is 16.3. The summed E-state index contributed by atoms with van der Waals surface area (Å²) in [6.07, 6.45) is 5.56. The summed E-state index contributed by atoms with van der Waals surface area (Å²) in [7, 11) is 0. The third kappa shape index (κ3) is 2.80. The van der Waals surface area contributed by atoms with Crippen molar-refractivity contribution in [2.45, 2.75) is 19.9 Å². The molecule has 84 valence electrons. The Bertz CT molecular complexity index is 409. The number of carbonyl (C=O) groups excluding carboxylic acids is 1. The van der Waals surface area contributed by atoms with Gasteiger partial charge in [0.05, 0.1) is 0 Å². The molecule has 2 nitrogen and oxygen atoms in total. The standard InChI is InChI=1S/C14H17NO/c1-12(16)14-7-5-6-13(10-14)11-15-8-3-2-4-9-15/h2-3,5-7,10H,4,8-9,11H2,1H3. The number of hydrogen-bond donors (Lipinski definition) is 0. The molecule has 0 aromatic heterocycles. The Morgan fingerprint density at radius 3 is 2.94 bits per heavy atom. The van der Waals surface area contributed by atoms with Crippen molar-refractivity contribution in [2.75, 3.05) is 13.1 Å². The van der Waals surface area contributed by atoms with Crippen LogP contribution in [0.1, 0.15) is 29.3 Å². The third-order valence-electron chi connectivity index (χ3n) is 2.88. The van der Waals surface area contributed by atoms with E-state index in [1.54, 1.807) is 6.92 Å². The Morgan fingerprint density at radius 1 is 1.38 bits per heavy atom. The van der Waals surface area contributed by atoms with Crippen molar-refractivity contribution >= 4 is 5.78 Å². The molecule has 0 atom stereocenters. The van der Waals surface area contributed by atoms with E-state index in [1.165, 1.54) is 5.56 Å². The molecule has 0 amide bonds. The maximum atomic E-state index is 11.3. The van der Waals surface area contributed by atoms with Gasteiger partial charge in [-0.25, -0.2) is 0 Å². The van der Waals surface area contributed by atoms with Crippen molar-refractivity contribution < 1.29 is 4.79 Å². The summed E-state index contributed by atoms with van der Waals surface area (Å²) in [5.41, 5.74) is 2.04. The lowest BCUT2D eigenvalue weighted by Crippen LogP contribution is -2.26. The zero-order valence-corrected chi connectivity index (χ0v) is 9.65. The van der Waals surface area contributed by atoms with Gasteiger partial charge in [-0.1, -0.05) is 30.4 Å². The summed E-state index contributed by atoms with van der Waals surface area (Å²) >= 11 is 0. The van der Waals surface area contributed by atoms with Gasteiger partial charge in [0.25, 0.3) is 0 Å². The van der Waals surface area contributed by atoms with Crippen LogP contribution in [0.15, 0.2) is 36.4 Å². The SMILES string of the molecule is CC(=O)c1cccc(CN2CC=CCC2)c1. The highest BCUT2D eigenvalue weighted by Gasteiger charge is 2.07. The van der Waals surface area contributed by atoms with Crippen LogP contribution in [0.25, 0.3) is 0 Å². The van der Waals surface area contributed by atoms with Crippen molar-refractivity contribution in [1.29, 1.82) is 0 Å². The predicted octanol–water partition coefficient (Wildman–Crippen LogP) is 2.65. The van der Waals surface area contributed by atoms with Crippen molar-refractivity contribution in [1.82, 2.24) is 4.90 Å². The second-order valence-corrected chi connectivity index (χ2v) is 4.25. The molecule has 0 spiro atoms. The monoisotopic (exact) mass is 215 g/mol. The van der Waals surface area contributed by atoms with Gasteiger partial charge in [0.15, 0.2) is 5.78 Å². The molecule has 0 N–H and O–H groups in total. The summed E-state index contributed by atoms with van der Waals surface area (Å²) in [6, 6.07) is 7.93. The van der Waals surface area contributed by atoms with E-state index in [2.05, 4.69) is 23.1 Å². The summed E-state index contributed by atoms with van der Waals surface area (Å²) in [5, 5.41) is 0. The highest BCUT2D eigenvalue weighted by molar-refractivity contribution is 5.94. The van der Waals surface area contributed by atoms with Crippen molar-refractivity contribution in [3.8, 4) is 0 Å². The first-order valence-electron chi connectivity index (χ1n) is 5.73. The van der Waals surface area contributed by atoms with E-state index >= 15 is 0 Å². The molecular formula is C14H17NO. The first kappa shape index (κ1) is 11.1. The lowest BCUT2D eigenvalue weighted by molar-refractivity contribution is 0.101. The lowest BCUT2D eigenvalue weighted by atomic mass is 10.1. The van der Waals surface area contributed by atoms with Crippen molar-refractivity contribution in [3.63, 3.8) is 0 Å². The number of rotatable bonds is 3. The van der Waals surface area contributed by atoms with Crippen LogP contribution in [-0.4, -0.2) is 23.8 Å². The van der Waals surface area contributed by atoms with E-state index in [9.17, 15) is 4.79 Å². The number of carbonyl (C=O) groups is 1. The van der Waals surface area contributed by atoms with E-state index in [-0.39, 0.29) is 5.78 Å². The smallest absolute Gasteiger partial charge is 0.159 e. The Kier molecular flexibility index (Phi) is 3.52. The van der Waals surface area contributed by atoms with E-state index in [0.717, 1.165) is 31.6 Å². The van der Waals surface area contributed by atoms with E-state index in [4.69, 9.17) is 0 Å². The number of ketones is 1. The Morgan fingerprint density at radius 2 is 2.25 bits per heavy atom. The van der Waals surface area contributed by atoms with Crippen LogP contribution < -0.4 is 0 Å². The molecule has 1 heterocycles. The quantitative estimate of drug-likeness (QED) is 0.570. The zero-order valence-electron chi connectivity index (χ0n) is 9.65. The second kappa shape index (κ2) is 5.08. The molecule has 0 saturated carbocycles. The van der Waals surface area contributed by atoms with Gasteiger partial charge in [0.1, 0.15) is 0 Å². The van der Waals surface area contributed by atoms with Crippen LogP contribution >= 0.6 is 0 Å². The molecule has 1 aromatic carbocycles. The first-order valence-corrected chi connectivity index (χ1v) is 5.73. The number of benzene rings is 1. The minimum atomic E-state index is 0.139. The second-order valence-electron chi connectivity index (χ2n) is 4.25. The van der Waals surface area contributed by atoms with Crippen LogP contribution in [-0.2, 0) is 6.54 Å². The molecule has 1 aliphatic rings. The van der Waals surface area contributed by atoms with Gasteiger partial charge in [-0.3, -0.25) is 9.69 Å². The van der Waals surface area contributed by atoms with Crippen molar-refractivity contribution in [2.24, 2.45) is 0 Å². The summed E-state index contributed by atoms with van der Waals surface area (Å²) in [4.78, 5) is 13.7. The largest absolute Gasteiger partial charge is 0.295 e. The van der Waals surface area contributed by atoms with Crippen LogP contribution in [0.3, 0.4) is 0 Å². The fourth-order valence-corrected chi connectivity index (χ4v) is 1.98. The highest BCUT2D eigenvalue weighted by Crippen LogP contribution is 2.11. The number of Topliss-reactive ketones (excluding diaryl/α,β-unsaturated/α-hetero) is 1. The third-order valence-corrected chi connectivity index (χ3v) is 2.88. The highest BCUT2D eigenvalue weighted by atomic mass is 16.1. The van der Waals surface area contributed by atoms with Gasteiger partial charge < -0.3 is 0 Å². The molecule has 2 rings (SSSR count). The van der Waals surface area contributed by atoms with Gasteiger partial charge in [0, 0.05) is 25.2 Å². The topological polar surface area (TPSA) is 20.3 Å². The van der Waals surface area contributed by atoms with E-state index < -0.39 is 0 Å². The zero-order chi connectivity index (χ0) is 11.4. The van der Waals surface area contributed by atoms with Gasteiger partial charge >= 0.3 is 0 Å². The Balaban J connectivity index is 2.06. The van der Waals surface area contributed by atoms with Crippen LogP contribution in [0.4, 0.5) is 0 Å². The average Bonchev–Trinajstić information content (AvgIpc) is 2.30. The lowest BCUT2D eigenvalue weighted by Gasteiger charge is -2.23. The molecule has 0 fully saturated rings. The summed E-state index contributed by atoms with van der Waals surface area (Å²) in [5.74, 6) is 0.139. The number of nitrogens with zero attached hydrogens (tertiary/aromatic N) is 1. The van der Waals surface area contributed by atoms with E-state index in [1.807, 2.05) is 18.2 Å². The minimum Gasteiger partial charge on any atom is -0.295 e. The van der Waals surface area contributed by atoms with E-state index in [0.29, 0.717) is 0 Å². The molecule has 0 unspecified atom stereocenters. The molecule has 0 aliphatic carbocycles. The molecule has 1 aromatic rings. The van der Waals surface area contributed by atoms with Gasteiger partial charge in [-0.15, -0.1) is 0 Å². The molecule has 0 saturated heterocycles. The molecule has 16 heavy (non-hydrogen) atoms. The van der Waals surface area contributed by atoms with Crippen molar-refractivity contribution in [3.05, 3.63) is 47.5 Å². The van der Waals surface area contributed by atoms with Gasteiger partial charge in [0.2, 0.25) is 0 Å². The fraction of sp³-hybridized carbons (Fsp3) is 0.357. The molecular weight excluding hydrogens is 198 g/mol. The molecule has 0 radical (unpaired) electrons. The maximum absolute atomic E-state index is 11.3. The maximum Gasteiger partial charge on any atom is 0.159 e.